The van der Waals surface area contributed by atoms with Crippen molar-refractivity contribution in [2.24, 2.45) is 0 Å². The first kappa shape index (κ1) is 23.0. The van der Waals surface area contributed by atoms with Gasteiger partial charge in [-0.2, -0.15) is 5.10 Å². The number of aromatic amines is 2. The summed E-state index contributed by atoms with van der Waals surface area (Å²) < 4.78 is 0. The summed E-state index contributed by atoms with van der Waals surface area (Å²) in [7, 11) is 4.10. The molecule has 0 spiro atoms. The van der Waals surface area contributed by atoms with Crippen LogP contribution < -0.4 is 0 Å². The summed E-state index contributed by atoms with van der Waals surface area (Å²) in [4.78, 5) is 22.4. The van der Waals surface area contributed by atoms with Crippen LogP contribution in [-0.2, 0) is 6.54 Å². The Balaban J connectivity index is 1.53. The molecule has 0 amide bonds. The number of aromatic nitrogens is 6. The lowest BCUT2D eigenvalue weighted by molar-refractivity contribution is 0.325. The summed E-state index contributed by atoms with van der Waals surface area (Å²) >= 11 is 0. The Labute approximate surface area is 205 Å². The zero-order chi connectivity index (χ0) is 24.4. The van der Waals surface area contributed by atoms with Gasteiger partial charge < -0.3 is 14.8 Å². The third-order valence-electron chi connectivity index (χ3n) is 6.32. The minimum Gasteiger partial charge on any atom is -0.370 e. The Morgan fingerprint density at radius 3 is 2.74 bits per heavy atom. The third kappa shape index (κ3) is 4.74. The normalized spacial score (nSPS) is 14.7. The molecule has 0 saturated carbocycles. The van der Waals surface area contributed by atoms with Gasteiger partial charge in [-0.05, 0) is 70.1 Å². The molecule has 0 aromatic carbocycles. The summed E-state index contributed by atoms with van der Waals surface area (Å²) in [6.07, 6.45) is 11.3. The van der Waals surface area contributed by atoms with Gasteiger partial charge in [-0.3, -0.25) is 10.1 Å². The van der Waals surface area contributed by atoms with Gasteiger partial charge >= 0.3 is 0 Å². The first-order valence-corrected chi connectivity index (χ1v) is 12.1. The molecule has 4 aromatic rings. The lowest BCUT2D eigenvalue weighted by atomic mass is 10.1. The maximum absolute atomic E-state index is 4.99. The Morgan fingerprint density at radius 1 is 1.14 bits per heavy atom. The van der Waals surface area contributed by atoms with E-state index in [9.17, 15) is 0 Å². The summed E-state index contributed by atoms with van der Waals surface area (Å²) in [5, 5.41) is 7.69. The maximum atomic E-state index is 4.99. The molecule has 0 bridgehead atoms. The number of hydrogen-bond donors (Lipinski definition) is 2. The lowest BCUT2D eigenvalue weighted by Gasteiger charge is -2.30. The molecule has 0 unspecified atom stereocenters. The van der Waals surface area contributed by atoms with E-state index in [2.05, 4.69) is 69.7 Å². The number of imidazole rings is 1. The number of likely N-dealkylation sites (tertiary alicyclic amines) is 1. The Hall–Kier alpha value is -3.78. The van der Waals surface area contributed by atoms with Gasteiger partial charge in [0.1, 0.15) is 11.2 Å². The van der Waals surface area contributed by atoms with E-state index in [-0.39, 0.29) is 0 Å². The zero-order valence-electron chi connectivity index (χ0n) is 20.7. The minimum atomic E-state index is 0.708. The summed E-state index contributed by atoms with van der Waals surface area (Å²) in [6, 6.07) is 6.15. The number of piperidine rings is 1. The molecule has 8 nitrogen and oxygen atoms in total. The van der Waals surface area contributed by atoms with E-state index in [1.807, 2.05) is 30.6 Å². The lowest BCUT2D eigenvalue weighted by Crippen LogP contribution is -2.28. The molecule has 35 heavy (non-hydrogen) atoms. The Kier molecular flexibility index (Phi) is 6.46. The van der Waals surface area contributed by atoms with Crippen molar-refractivity contribution in [2.45, 2.75) is 32.7 Å². The fraction of sp³-hybridized carbons (Fsp3) is 0.333. The van der Waals surface area contributed by atoms with Gasteiger partial charge in [0.25, 0.3) is 0 Å². The SMILES string of the molecule is C=C/C=C(\c1nc(-c2n[nH]c3ccc(-c4cncc(CN(C)C)c4)nc23)[nH]c1C)N1CCCCC1. The van der Waals surface area contributed by atoms with Crippen molar-refractivity contribution in [1.29, 1.82) is 0 Å². The first-order chi connectivity index (χ1) is 17.0. The quantitative estimate of drug-likeness (QED) is 0.379. The van der Waals surface area contributed by atoms with Crippen molar-refractivity contribution >= 4 is 16.7 Å². The van der Waals surface area contributed by atoms with Crippen LogP contribution in [0, 0.1) is 6.92 Å². The molecular weight excluding hydrogens is 436 g/mol. The van der Waals surface area contributed by atoms with Crippen molar-refractivity contribution in [3.63, 3.8) is 0 Å². The molecule has 1 fully saturated rings. The average molecular weight is 469 g/mol. The highest BCUT2D eigenvalue weighted by molar-refractivity contribution is 5.89. The van der Waals surface area contributed by atoms with E-state index in [4.69, 9.17) is 9.97 Å². The van der Waals surface area contributed by atoms with Crippen LogP contribution in [-0.4, -0.2) is 67.1 Å². The minimum absolute atomic E-state index is 0.708. The van der Waals surface area contributed by atoms with Crippen molar-refractivity contribution in [3.8, 4) is 22.8 Å². The van der Waals surface area contributed by atoms with Crippen LogP contribution in [0.1, 0.15) is 36.2 Å². The second-order valence-electron chi connectivity index (χ2n) is 9.38. The number of allylic oxidation sites excluding steroid dienone is 2. The molecule has 0 atom stereocenters. The molecule has 1 aliphatic heterocycles. The topological polar surface area (TPSA) is 89.6 Å². The van der Waals surface area contributed by atoms with Gasteiger partial charge in [0.2, 0.25) is 0 Å². The number of pyridine rings is 2. The van der Waals surface area contributed by atoms with Crippen molar-refractivity contribution < 1.29 is 0 Å². The summed E-state index contributed by atoms with van der Waals surface area (Å²) in [5.74, 6) is 0.708. The first-order valence-electron chi connectivity index (χ1n) is 12.1. The Bertz CT molecular complexity index is 1370. The van der Waals surface area contributed by atoms with E-state index in [1.165, 1.54) is 19.3 Å². The molecule has 0 aliphatic carbocycles. The monoisotopic (exact) mass is 468 g/mol. The highest BCUT2D eigenvalue weighted by Crippen LogP contribution is 2.30. The summed E-state index contributed by atoms with van der Waals surface area (Å²) in [5.41, 5.74) is 8.41. The highest BCUT2D eigenvalue weighted by Gasteiger charge is 2.22. The Morgan fingerprint density at radius 2 is 1.97 bits per heavy atom. The highest BCUT2D eigenvalue weighted by atomic mass is 15.2. The van der Waals surface area contributed by atoms with Crippen LogP contribution in [0.5, 0.6) is 0 Å². The van der Waals surface area contributed by atoms with Crippen LogP contribution in [0.3, 0.4) is 0 Å². The predicted octanol–water partition coefficient (Wildman–Crippen LogP) is 4.79. The van der Waals surface area contributed by atoms with E-state index in [0.717, 1.165) is 64.6 Å². The number of H-pyrrole nitrogens is 2. The van der Waals surface area contributed by atoms with Crippen LogP contribution in [0.15, 0.2) is 49.3 Å². The van der Waals surface area contributed by atoms with Crippen LogP contribution >= 0.6 is 0 Å². The third-order valence-corrected chi connectivity index (χ3v) is 6.32. The van der Waals surface area contributed by atoms with E-state index in [0.29, 0.717) is 11.5 Å². The van der Waals surface area contributed by atoms with Crippen LogP contribution in [0.4, 0.5) is 0 Å². The molecular formula is C27H32N8. The second-order valence-corrected chi connectivity index (χ2v) is 9.38. The van der Waals surface area contributed by atoms with E-state index in [1.54, 1.807) is 0 Å². The van der Waals surface area contributed by atoms with Crippen molar-refractivity contribution in [2.75, 3.05) is 27.2 Å². The van der Waals surface area contributed by atoms with Crippen molar-refractivity contribution in [3.05, 3.63) is 66.3 Å². The standard InChI is InChI=1S/C27H32N8/c1-5-9-23(35-12-7-6-8-13-35)24-18(2)29-27(31-24)26-25-22(32-33-26)11-10-21(30-25)20-14-19(15-28-16-20)17-34(3)4/h5,9-11,14-16H,1,6-8,12-13,17H2,2-4H3,(H,29,31)(H,32,33)/b23-9+. The van der Waals surface area contributed by atoms with E-state index < -0.39 is 0 Å². The second kappa shape index (κ2) is 9.84. The number of nitrogens with one attached hydrogen (secondary N) is 2. The molecule has 1 aliphatic rings. The van der Waals surface area contributed by atoms with Gasteiger partial charge in [0.15, 0.2) is 11.5 Å². The smallest absolute Gasteiger partial charge is 0.161 e. The number of hydrogen-bond acceptors (Lipinski definition) is 6. The van der Waals surface area contributed by atoms with Crippen molar-refractivity contribution in [1.82, 2.24) is 39.9 Å². The van der Waals surface area contributed by atoms with Gasteiger partial charge in [-0.15, -0.1) is 0 Å². The average Bonchev–Trinajstić information content (AvgIpc) is 3.45. The number of rotatable bonds is 7. The van der Waals surface area contributed by atoms with Gasteiger partial charge in [-0.1, -0.05) is 12.7 Å². The van der Waals surface area contributed by atoms with Gasteiger partial charge in [-0.25, -0.2) is 9.97 Å². The number of fused-ring (bicyclic) bond motifs is 1. The molecule has 2 N–H and O–H groups in total. The van der Waals surface area contributed by atoms with E-state index >= 15 is 0 Å². The molecule has 4 aromatic heterocycles. The molecule has 180 valence electrons. The maximum Gasteiger partial charge on any atom is 0.161 e. The van der Waals surface area contributed by atoms with Gasteiger partial charge in [0.05, 0.1) is 16.9 Å². The number of aryl methyl sites for hydroxylation is 1. The van der Waals surface area contributed by atoms with Crippen LogP contribution in [0.2, 0.25) is 0 Å². The molecule has 0 radical (unpaired) electrons. The zero-order valence-corrected chi connectivity index (χ0v) is 20.7. The molecule has 1 saturated heterocycles. The molecule has 5 heterocycles. The molecule has 8 heteroatoms. The fourth-order valence-electron chi connectivity index (χ4n) is 4.71. The van der Waals surface area contributed by atoms with Gasteiger partial charge in [0, 0.05) is 43.3 Å². The largest absolute Gasteiger partial charge is 0.370 e. The number of nitrogens with zero attached hydrogens (tertiary/aromatic N) is 6. The van der Waals surface area contributed by atoms with Crippen LogP contribution in [0.25, 0.3) is 39.5 Å². The summed E-state index contributed by atoms with van der Waals surface area (Å²) in [6.45, 7) is 8.90. The fourth-order valence-corrected chi connectivity index (χ4v) is 4.71. The predicted molar refractivity (Wildman–Crippen MR) is 140 cm³/mol. The molecule has 5 rings (SSSR count).